The van der Waals surface area contributed by atoms with Crippen LogP contribution in [0.15, 0.2) is 0 Å². The molecule has 152 valence electrons. The minimum absolute atomic E-state index is 0. The van der Waals surface area contributed by atoms with E-state index in [1.54, 1.807) is 27.7 Å². The maximum absolute atomic E-state index is 11.1. The zero-order chi connectivity index (χ0) is 16.4. The van der Waals surface area contributed by atoms with E-state index in [-0.39, 0.29) is 29.1 Å². The van der Waals surface area contributed by atoms with Gasteiger partial charge in [-0.25, -0.2) is 5.14 Å². The van der Waals surface area contributed by atoms with Crippen molar-refractivity contribution in [1.82, 2.24) is 0 Å². The van der Waals surface area contributed by atoms with Crippen molar-refractivity contribution in [2.24, 2.45) is 5.14 Å². The molecule has 13 heteroatoms. The normalized spacial score (nSPS) is 37.7. The van der Waals surface area contributed by atoms with E-state index in [1.165, 1.54) is 0 Å². The highest BCUT2D eigenvalue weighted by atomic mass is 32.2. The highest BCUT2D eigenvalue weighted by molar-refractivity contribution is 7.84. The van der Waals surface area contributed by atoms with Crippen LogP contribution in [0.5, 0.6) is 0 Å². The van der Waals surface area contributed by atoms with Gasteiger partial charge in [0.05, 0.1) is 6.61 Å². The summed E-state index contributed by atoms with van der Waals surface area (Å²) in [6.07, 6.45) is -1.50. The van der Waals surface area contributed by atoms with Gasteiger partial charge >= 0.3 is 10.3 Å². The molecule has 0 aromatic carbocycles. The van der Waals surface area contributed by atoms with Gasteiger partial charge in [-0.15, -0.1) is 0 Å². The van der Waals surface area contributed by atoms with Crippen molar-refractivity contribution in [3.8, 4) is 0 Å². The zero-order valence-corrected chi connectivity index (χ0v) is 15.2. The number of hydrogen-bond acceptors (Lipinski definition) is 8. The quantitative estimate of drug-likeness (QED) is 0.525. The average molecular weight is 393 g/mol. The van der Waals surface area contributed by atoms with Gasteiger partial charge in [-0.2, -0.15) is 8.42 Å². The first kappa shape index (κ1) is 24.6. The van der Waals surface area contributed by atoms with Crippen LogP contribution in [-0.4, -0.2) is 73.7 Å². The Morgan fingerprint density at radius 1 is 1.04 bits per heavy atom. The SMILES string of the molecule is CC1(C)O[C@@H]2[C@@H](CO[C@@]3(COS(N)(=O)=O)OC(C)(C)O[C@@H]23)O1.O.O.O. The number of nitrogens with two attached hydrogens (primary N) is 1. The van der Waals surface area contributed by atoms with Crippen LogP contribution in [0, 0.1) is 0 Å². The van der Waals surface area contributed by atoms with Crippen LogP contribution >= 0.6 is 0 Å². The van der Waals surface area contributed by atoms with Gasteiger partial charge < -0.3 is 40.1 Å². The van der Waals surface area contributed by atoms with Gasteiger partial charge in [0.2, 0.25) is 5.79 Å². The van der Waals surface area contributed by atoms with Crippen molar-refractivity contribution in [3.05, 3.63) is 0 Å². The maximum Gasteiger partial charge on any atom is 0.333 e. The van der Waals surface area contributed by atoms with Crippen LogP contribution in [0.4, 0.5) is 0 Å². The van der Waals surface area contributed by atoms with E-state index in [4.69, 9.17) is 33.0 Å². The van der Waals surface area contributed by atoms with E-state index >= 15 is 0 Å². The molecule has 3 heterocycles. The molecule has 0 bridgehead atoms. The standard InChI is InChI=1S/C12H21NO8S.3H2O/c1-10(2)18-7-5-16-12(6-17-22(13,14)15)9(8(7)19-10)20-11(3,4)21-12;;;/h7-9H,5-6H2,1-4H3,(H2,13,14,15);3*1H2/t7-,8-,9+,12+;;;/m1.../s1. The van der Waals surface area contributed by atoms with Gasteiger partial charge in [0.15, 0.2) is 11.6 Å². The first-order valence-electron chi connectivity index (χ1n) is 6.96. The third-order valence-electron chi connectivity index (χ3n) is 3.70. The van der Waals surface area contributed by atoms with E-state index in [0.717, 1.165) is 0 Å². The number of ether oxygens (including phenoxy) is 5. The van der Waals surface area contributed by atoms with Crippen molar-refractivity contribution in [2.45, 2.75) is 63.4 Å². The van der Waals surface area contributed by atoms with Crippen LogP contribution in [0.25, 0.3) is 0 Å². The number of rotatable bonds is 3. The minimum Gasteiger partial charge on any atom is -0.412 e. The summed E-state index contributed by atoms with van der Waals surface area (Å²) in [6.45, 7) is 6.71. The fourth-order valence-electron chi connectivity index (χ4n) is 3.11. The lowest BCUT2D eigenvalue weighted by Crippen LogP contribution is -2.60. The molecular weight excluding hydrogens is 366 g/mol. The zero-order valence-electron chi connectivity index (χ0n) is 14.4. The van der Waals surface area contributed by atoms with E-state index in [9.17, 15) is 8.42 Å². The summed E-state index contributed by atoms with van der Waals surface area (Å²) in [5, 5.41) is 4.89. The van der Waals surface area contributed by atoms with Crippen LogP contribution < -0.4 is 5.14 Å². The Bertz CT molecular complexity index is 565. The van der Waals surface area contributed by atoms with Gasteiger partial charge in [0.1, 0.15) is 24.9 Å². The Hall–Kier alpha value is -0.450. The molecule has 0 aromatic rings. The second-order valence-electron chi connectivity index (χ2n) is 6.56. The first-order valence-corrected chi connectivity index (χ1v) is 8.43. The number of fused-ring (bicyclic) bond motifs is 3. The van der Waals surface area contributed by atoms with Crippen molar-refractivity contribution >= 4 is 10.3 Å². The average Bonchev–Trinajstić information content (AvgIpc) is 2.78. The van der Waals surface area contributed by atoms with Crippen molar-refractivity contribution < 1.29 is 52.7 Å². The van der Waals surface area contributed by atoms with Crippen LogP contribution in [0.3, 0.4) is 0 Å². The molecule has 0 aromatic heterocycles. The summed E-state index contributed by atoms with van der Waals surface area (Å²) in [6, 6.07) is 0. The first-order chi connectivity index (χ1) is 9.92. The summed E-state index contributed by atoms with van der Waals surface area (Å²) in [7, 11) is -4.14. The lowest BCUT2D eigenvalue weighted by Gasteiger charge is -2.40. The van der Waals surface area contributed by atoms with Crippen molar-refractivity contribution in [1.29, 1.82) is 0 Å². The Morgan fingerprint density at radius 2 is 1.64 bits per heavy atom. The maximum atomic E-state index is 11.1. The summed E-state index contributed by atoms with van der Waals surface area (Å²) in [5.41, 5.74) is 0. The molecule has 4 atom stereocenters. The summed E-state index contributed by atoms with van der Waals surface area (Å²) >= 11 is 0. The second-order valence-corrected chi connectivity index (χ2v) is 7.78. The Kier molecular flexibility index (Phi) is 7.15. The van der Waals surface area contributed by atoms with E-state index in [2.05, 4.69) is 0 Å². The van der Waals surface area contributed by atoms with Gasteiger partial charge in [-0.05, 0) is 27.7 Å². The predicted molar refractivity (Wildman–Crippen MR) is 82.4 cm³/mol. The molecule has 3 aliphatic heterocycles. The highest BCUT2D eigenvalue weighted by Gasteiger charge is 2.65. The van der Waals surface area contributed by atoms with Gasteiger partial charge in [-0.1, -0.05) is 0 Å². The summed E-state index contributed by atoms with van der Waals surface area (Å²) in [4.78, 5) is 0. The molecule has 25 heavy (non-hydrogen) atoms. The van der Waals surface area contributed by atoms with Gasteiger partial charge in [0.25, 0.3) is 0 Å². The summed E-state index contributed by atoms with van der Waals surface area (Å²) < 4.78 is 55.9. The van der Waals surface area contributed by atoms with E-state index in [0.29, 0.717) is 0 Å². The molecule has 0 spiro atoms. The lowest BCUT2D eigenvalue weighted by atomic mass is 9.98. The monoisotopic (exact) mass is 393 g/mol. The second kappa shape index (κ2) is 7.28. The minimum atomic E-state index is -4.14. The van der Waals surface area contributed by atoms with E-state index in [1.807, 2.05) is 0 Å². The van der Waals surface area contributed by atoms with E-state index < -0.39 is 46.5 Å². The van der Waals surface area contributed by atoms with Crippen molar-refractivity contribution in [3.63, 3.8) is 0 Å². The third kappa shape index (κ3) is 4.84. The van der Waals surface area contributed by atoms with Gasteiger partial charge in [0, 0.05) is 0 Å². The Morgan fingerprint density at radius 3 is 2.20 bits per heavy atom. The van der Waals surface area contributed by atoms with Crippen molar-refractivity contribution in [2.75, 3.05) is 13.2 Å². The smallest absolute Gasteiger partial charge is 0.333 e. The molecular formula is C12H27NO11S. The molecule has 0 unspecified atom stereocenters. The molecule has 0 saturated carbocycles. The Labute approximate surface area is 145 Å². The summed E-state index contributed by atoms with van der Waals surface area (Å²) in [5.74, 6) is -3.19. The fraction of sp³-hybridized carbons (Fsp3) is 1.00. The topological polar surface area (TPSA) is 210 Å². The lowest BCUT2D eigenvalue weighted by molar-refractivity contribution is -0.290. The van der Waals surface area contributed by atoms with Crippen LogP contribution in [0.1, 0.15) is 27.7 Å². The predicted octanol–water partition coefficient (Wildman–Crippen LogP) is -2.87. The molecule has 3 rings (SSSR count). The molecule has 3 fully saturated rings. The molecule has 12 nitrogen and oxygen atoms in total. The fourth-order valence-corrected chi connectivity index (χ4v) is 3.44. The molecule has 0 radical (unpaired) electrons. The molecule has 0 aliphatic carbocycles. The molecule has 8 N–H and O–H groups in total. The van der Waals surface area contributed by atoms with Gasteiger partial charge in [-0.3, -0.25) is 4.18 Å². The van der Waals surface area contributed by atoms with Crippen LogP contribution in [0.2, 0.25) is 0 Å². The molecule has 3 saturated heterocycles. The van der Waals surface area contributed by atoms with Crippen LogP contribution in [-0.2, 0) is 38.2 Å². The molecule has 0 amide bonds. The number of hydrogen-bond donors (Lipinski definition) is 1. The Balaban J connectivity index is 0.00000192. The largest absolute Gasteiger partial charge is 0.412 e. The third-order valence-corrected chi connectivity index (χ3v) is 4.15. The highest BCUT2D eigenvalue weighted by Crippen LogP contribution is 2.47. The molecule has 3 aliphatic rings.